The molecule has 1 aliphatic heterocycles. The number of carbonyl (C=O) groups is 1. The van der Waals surface area contributed by atoms with Crippen LogP contribution in [0.15, 0.2) is 0 Å². The maximum atomic E-state index is 12.7. The Morgan fingerprint density at radius 3 is 2.06 bits per heavy atom. The van der Waals surface area contributed by atoms with Gasteiger partial charge in [-0.3, -0.25) is 4.79 Å². The molecule has 100 valence electrons. The largest absolute Gasteiger partial charge is 0.340 e. The van der Waals surface area contributed by atoms with Crippen LogP contribution in [0.5, 0.6) is 0 Å². The highest BCUT2D eigenvalue weighted by atomic mass is 16.2. The van der Waals surface area contributed by atoms with Gasteiger partial charge in [0.05, 0.1) is 0 Å². The number of carbonyl (C=O) groups excluding carboxylic acids is 1. The van der Waals surface area contributed by atoms with Crippen LogP contribution in [0.4, 0.5) is 0 Å². The molecule has 0 aliphatic carbocycles. The van der Waals surface area contributed by atoms with Gasteiger partial charge in [-0.2, -0.15) is 0 Å². The molecule has 17 heavy (non-hydrogen) atoms. The van der Waals surface area contributed by atoms with Crippen LogP contribution in [0.1, 0.15) is 54.4 Å². The zero-order chi connectivity index (χ0) is 13.2. The van der Waals surface area contributed by atoms with Crippen LogP contribution in [0.2, 0.25) is 0 Å². The lowest BCUT2D eigenvalue weighted by molar-refractivity contribution is -0.140. The van der Waals surface area contributed by atoms with Crippen molar-refractivity contribution < 1.29 is 4.79 Å². The normalized spacial score (nSPS) is 27.1. The quantitative estimate of drug-likeness (QED) is 0.737. The van der Waals surface area contributed by atoms with E-state index in [0.717, 1.165) is 13.0 Å². The van der Waals surface area contributed by atoms with Crippen molar-refractivity contribution in [2.24, 2.45) is 23.7 Å². The van der Waals surface area contributed by atoms with Crippen LogP contribution in [0.25, 0.3) is 0 Å². The fourth-order valence-corrected chi connectivity index (χ4v) is 3.20. The van der Waals surface area contributed by atoms with Crippen LogP contribution in [0, 0.1) is 23.7 Å². The van der Waals surface area contributed by atoms with Gasteiger partial charge in [0.15, 0.2) is 0 Å². The number of amides is 1. The van der Waals surface area contributed by atoms with E-state index in [1.807, 2.05) is 0 Å². The number of hydrogen-bond acceptors (Lipinski definition) is 1. The van der Waals surface area contributed by atoms with Gasteiger partial charge in [-0.25, -0.2) is 0 Å². The predicted octanol–water partition coefficient (Wildman–Crippen LogP) is 3.56. The number of nitrogens with zero attached hydrogens (tertiary/aromatic N) is 1. The Hall–Kier alpha value is -0.530. The number of rotatable bonds is 3. The van der Waals surface area contributed by atoms with E-state index < -0.39 is 0 Å². The minimum absolute atomic E-state index is 0.222. The van der Waals surface area contributed by atoms with Crippen LogP contribution < -0.4 is 0 Å². The second-order valence-corrected chi connectivity index (χ2v) is 6.45. The third kappa shape index (κ3) is 3.23. The van der Waals surface area contributed by atoms with Crippen molar-refractivity contribution in [1.29, 1.82) is 0 Å². The van der Waals surface area contributed by atoms with Gasteiger partial charge in [-0.1, -0.05) is 27.7 Å². The molecule has 1 amide bonds. The average Bonchev–Trinajstić information content (AvgIpc) is 2.36. The van der Waals surface area contributed by atoms with Gasteiger partial charge in [-0.05, 0) is 44.4 Å². The first kappa shape index (κ1) is 14.5. The number of likely N-dealkylation sites (tertiary alicyclic amines) is 1. The van der Waals surface area contributed by atoms with Crippen molar-refractivity contribution in [1.82, 2.24) is 4.90 Å². The molecule has 1 aliphatic rings. The zero-order valence-corrected chi connectivity index (χ0v) is 12.4. The van der Waals surface area contributed by atoms with Gasteiger partial charge in [0.1, 0.15) is 0 Å². The molecule has 1 saturated heterocycles. The smallest absolute Gasteiger partial charge is 0.226 e. The lowest BCUT2D eigenvalue weighted by Gasteiger charge is -2.34. The van der Waals surface area contributed by atoms with Crippen molar-refractivity contribution >= 4 is 5.91 Å². The van der Waals surface area contributed by atoms with E-state index in [2.05, 4.69) is 46.4 Å². The van der Waals surface area contributed by atoms with Crippen LogP contribution in [-0.2, 0) is 4.79 Å². The van der Waals surface area contributed by atoms with Gasteiger partial charge in [0, 0.05) is 18.5 Å². The molecule has 0 aromatic carbocycles. The fraction of sp³-hybridized carbons (Fsp3) is 0.933. The topological polar surface area (TPSA) is 20.3 Å². The minimum atomic E-state index is 0.222. The molecule has 0 bridgehead atoms. The van der Waals surface area contributed by atoms with E-state index in [4.69, 9.17) is 0 Å². The van der Waals surface area contributed by atoms with Gasteiger partial charge >= 0.3 is 0 Å². The van der Waals surface area contributed by atoms with Crippen molar-refractivity contribution in [2.75, 3.05) is 6.54 Å². The molecule has 0 saturated carbocycles. The zero-order valence-electron chi connectivity index (χ0n) is 12.4. The molecule has 2 unspecified atom stereocenters. The third-order valence-corrected chi connectivity index (χ3v) is 4.16. The summed E-state index contributed by atoms with van der Waals surface area (Å²) in [6.45, 7) is 14.1. The lowest BCUT2D eigenvalue weighted by Crippen LogP contribution is -2.43. The monoisotopic (exact) mass is 239 g/mol. The Morgan fingerprint density at radius 2 is 1.65 bits per heavy atom. The van der Waals surface area contributed by atoms with E-state index in [0.29, 0.717) is 29.7 Å². The molecule has 2 heteroatoms. The highest BCUT2D eigenvalue weighted by Gasteiger charge is 2.38. The molecule has 1 heterocycles. The average molecular weight is 239 g/mol. The maximum Gasteiger partial charge on any atom is 0.226 e. The second-order valence-electron chi connectivity index (χ2n) is 6.45. The Balaban J connectivity index is 2.97. The van der Waals surface area contributed by atoms with Crippen LogP contribution in [-0.4, -0.2) is 23.4 Å². The summed E-state index contributed by atoms with van der Waals surface area (Å²) in [6.07, 6.45) is 2.37. The molecule has 0 aromatic rings. The van der Waals surface area contributed by atoms with E-state index in [1.165, 1.54) is 6.42 Å². The summed E-state index contributed by atoms with van der Waals surface area (Å²) in [7, 11) is 0. The molecule has 0 spiro atoms. The summed E-state index contributed by atoms with van der Waals surface area (Å²) in [5.74, 6) is 2.24. The highest BCUT2D eigenvalue weighted by Crippen LogP contribution is 2.35. The van der Waals surface area contributed by atoms with Crippen molar-refractivity contribution in [3.8, 4) is 0 Å². The molecular weight excluding hydrogens is 210 g/mol. The standard InChI is InChI=1S/C15H29NO/c1-10(2)13-8-7-9-16(12(5)6)15(17)14(13)11(3)4/h10-14H,7-9H2,1-6H3. The first-order valence-corrected chi connectivity index (χ1v) is 7.16. The molecule has 1 fully saturated rings. The van der Waals surface area contributed by atoms with E-state index >= 15 is 0 Å². The Labute approximate surface area is 107 Å². The molecule has 0 aromatic heterocycles. The van der Waals surface area contributed by atoms with Crippen molar-refractivity contribution in [3.63, 3.8) is 0 Å². The van der Waals surface area contributed by atoms with E-state index in [9.17, 15) is 4.79 Å². The van der Waals surface area contributed by atoms with Gasteiger partial charge in [0.25, 0.3) is 0 Å². The van der Waals surface area contributed by atoms with Crippen molar-refractivity contribution in [2.45, 2.75) is 60.4 Å². The Kier molecular flexibility index (Phi) is 5.03. The molecule has 0 N–H and O–H groups in total. The van der Waals surface area contributed by atoms with Gasteiger partial charge in [-0.15, -0.1) is 0 Å². The Morgan fingerprint density at radius 1 is 1.06 bits per heavy atom. The van der Waals surface area contributed by atoms with E-state index in [-0.39, 0.29) is 5.92 Å². The molecule has 1 rings (SSSR count). The van der Waals surface area contributed by atoms with Crippen LogP contribution in [0.3, 0.4) is 0 Å². The maximum absolute atomic E-state index is 12.7. The fourth-order valence-electron chi connectivity index (χ4n) is 3.20. The summed E-state index contributed by atoms with van der Waals surface area (Å²) in [6, 6.07) is 0.342. The first-order valence-electron chi connectivity index (χ1n) is 7.16. The van der Waals surface area contributed by atoms with Gasteiger partial charge < -0.3 is 4.90 Å². The summed E-state index contributed by atoms with van der Waals surface area (Å²) in [5, 5.41) is 0. The molecule has 0 radical (unpaired) electrons. The minimum Gasteiger partial charge on any atom is -0.340 e. The molecule has 2 nitrogen and oxygen atoms in total. The Bertz CT molecular complexity index is 258. The van der Waals surface area contributed by atoms with Gasteiger partial charge in [0.2, 0.25) is 5.91 Å². The van der Waals surface area contributed by atoms with E-state index in [1.54, 1.807) is 0 Å². The van der Waals surface area contributed by atoms with Crippen LogP contribution >= 0.6 is 0 Å². The lowest BCUT2D eigenvalue weighted by atomic mass is 9.75. The number of hydrogen-bond donors (Lipinski definition) is 0. The summed E-state index contributed by atoms with van der Waals surface area (Å²) < 4.78 is 0. The predicted molar refractivity (Wildman–Crippen MR) is 72.7 cm³/mol. The second kappa shape index (κ2) is 5.88. The molecule has 2 atom stereocenters. The SMILES string of the molecule is CC(C)C1CCCN(C(C)C)C(=O)C1C(C)C. The summed E-state index contributed by atoms with van der Waals surface area (Å²) in [4.78, 5) is 14.8. The summed E-state index contributed by atoms with van der Waals surface area (Å²) in [5.41, 5.74) is 0. The highest BCUT2D eigenvalue weighted by molar-refractivity contribution is 5.80. The summed E-state index contributed by atoms with van der Waals surface area (Å²) >= 11 is 0. The van der Waals surface area contributed by atoms with Crippen molar-refractivity contribution in [3.05, 3.63) is 0 Å². The third-order valence-electron chi connectivity index (χ3n) is 4.16. The molecular formula is C15H29NO. The first-order chi connectivity index (χ1) is 7.86.